The first-order chi connectivity index (χ1) is 5.45. The van der Waals surface area contributed by atoms with Crippen molar-refractivity contribution in [2.45, 2.75) is 27.7 Å². The van der Waals surface area contributed by atoms with Crippen LogP contribution in [0.4, 0.5) is 0 Å². The lowest BCUT2D eigenvalue weighted by Gasteiger charge is -2.17. The molecule has 1 amide bonds. The molecule has 0 heterocycles. The van der Waals surface area contributed by atoms with Crippen LogP contribution in [-0.4, -0.2) is 25.7 Å². The second-order valence-corrected chi connectivity index (χ2v) is 4.01. The van der Waals surface area contributed by atoms with Gasteiger partial charge in [0.2, 0.25) is 5.91 Å². The monoisotopic (exact) mass is 173 g/mol. The van der Waals surface area contributed by atoms with Gasteiger partial charge in [0, 0.05) is 6.54 Å². The van der Waals surface area contributed by atoms with Crippen molar-refractivity contribution in [3.05, 3.63) is 0 Å². The smallest absolute Gasteiger partial charge is 0.245 e. The van der Waals surface area contributed by atoms with Crippen molar-refractivity contribution in [2.75, 3.05) is 19.8 Å². The first-order valence-corrected chi connectivity index (χ1v) is 4.30. The lowest BCUT2D eigenvalue weighted by molar-refractivity contribution is -0.126. The molecule has 0 fully saturated rings. The van der Waals surface area contributed by atoms with Crippen molar-refractivity contribution in [3.8, 4) is 0 Å². The second kappa shape index (κ2) is 5.14. The van der Waals surface area contributed by atoms with Crippen molar-refractivity contribution in [3.63, 3.8) is 0 Å². The summed E-state index contributed by atoms with van der Waals surface area (Å²) >= 11 is 0. The van der Waals surface area contributed by atoms with E-state index in [9.17, 15) is 4.79 Å². The van der Waals surface area contributed by atoms with Crippen molar-refractivity contribution < 1.29 is 9.53 Å². The molecule has 1 N–H and O–H groups in total. The van der Waals surface area contributed by atoms with Gasteiger partial charge in [-0.2, -0.15) is 0 Å². The normalized spacial score (nSPS) is 11.3. The molecule has 0 aromatic carbocycles. The Kier molecular flexibility index (Phi) is 4.90. The summed E-state index contributed by atoms with van der Waals surface area (Å²) in [5, 5.41) is 2.67. The summed E-state index contributed by atoms with van der Waals surface area (Å²) in [5.41, 5.74) is 0.131. The summed E-state index contributed by atoms with van der Waals surface area (Å²) in [6.07, 6.45) is 0. The Bertz CT molecular complexity index is 138. The Morgan fingerprint density at radius 2 is 2.00 bits per heavy atom. The summed E-state index contributed by atoms with van der Waals surface area (Å²) in [6.45, 7) is 9.56. The fourth-order valence-electron chi connectivity index (χ4n) is 0.698. The first-order valence-electron chi connectivity index (χ1n) is 4.30. The Balaban J connectivity index is 3.37. The molecule has 0 aliphatic carbocycles. The van der Waals surface area contributed by atoms with E-state index < -0.39 is 0 Å². The number of ether oxygens (including phenoxy) is 1. The van der Waals surface area contributed by atoms with Gasteiger partial charge < -0.3 is 10.1 Å². The molecular weight excluding hydrogens is 154 g/mol. The molecule has 0 aliphatic rings. The van der Waals surface area contributed by atoms with E-state index in [0.717, 1.165) is 0 Å². The Morgan fingerprint density at radius 3 is 2.42 bits per heavy atom. The van der Waals surface area contributed by atoms with E-state index in [2.05, 4.69) is 26.1 Å². The van der Waals surface area contributed by atoms with Gasteiger partial charge in [-0.15, -0.1) is 0 Å². The molecule has 0 aromatic heterocycles. The van der Waals surface area contributed by atoms with Crippen LogP contribution in [0.3, 0.4) is 0 Å². The third-order valence-electron chi connectivity index (χ3n) is 1.14. The largest absolute Gasteiger partial charge is 0.371 e. The third kappa shape index (κ3) is 7.54. The van der Waals surface area contributed by atoms with Gasteiger partial charge in [0.25, 0.3) is 0 Å². The summed E-state index contributed by atoms with van der Waals surface area (Å²) in [5.74, 6) is -0.0400. The highest BCUT2D eigenvalue weighted by molar-refractivity contribution is 5.77. The Morgan fingerprint density at radius 1 is 1.42 bits per heavy atom. The molecule has 0 radical (unpaired) electrons. The number of rotatable bonds is 4. The zero-order valence-corrected chi connectivity index (χ0v) is 8.44. The molecular formula is C9H19NO2. The molecule has 0 spiro atoms. The summed E-state index contributed by atoms with van der Waals surface area (Å²) < 4.78 is 5.20. The van der Waals surface area contributed by atoms with Gasteiger partial charge in [0.1, 0.15) is 6.61 Å². The number of likely N-dealkylation sites (N-methyl/N-ethyl adjacent to an activating group) is 1. The van der Waals surface area contributed by atoms with Gasteiger partial charge in [-0.25, -0.2) is 0 Å². The van der Waals surface area contributed by atoms with E-state index in [1.54, 1.807) is 0 Å². The topological polar surface area (TPSA) is 38.3 Å². The predicted molar refractivity (Wildman–Crippen MR) is 49.0 cm³/mol. The minimum atomic E-state index is -0.0400. The summed E-state index contributed by atoms with van der Waals surface area (Å²) in [6, 6.07) is 0. The van der Waals surface area contributed by atoms with Crippen LogP contribution >= 0.6 is 0 Å². The zero-order valence-electron chi connectivity index (χ0n) is 8.44. The van der Waals surface area contributed by atoms with Crippen LogP contribution in [0, 0.1) is 5.41 Å². The molecule has 0 aliphatic heterocycles. The van der Waals surface area contributed by atoms with Crippen molar-refractivity contribution >= 4 is 5.91 Å². The highest BCUT2D eigenvalue weighted by Gasteiger charge is 2.10. The van der Waals surface area contributed by atoms with Gasteiger partial charge in [-0.1, -0.05) is 20.8 Å². The maximum absolute atomic E-state index is 10.9. The van der Waals surface area contributed by atoms with E-state index in [1.807, 2.05) is 6.92 Å². The van der Waals surface area contributed by atoms with Crippen molar-refractivity contribution in [2.24, 2.45) is 5.41 Å². The fraction of sp³-hybridized carbons (Fsp3) is 0.889. The number of hydrogen-bond donors (Lipinski definition) is 1. The maximum Gasteiger partial charge on any atom is 0.245 e. The van der Waals surface area contributed by atoms with E-state index in [0.29, 0.717) is 13.2 Å². The van der Waals surface area contributed by atoms with E-state index in [4.69, 9.17) is 4.74 Å². The van der Waals surface area contributed by atoms with Crippen LogP contribution in [0.25, 0.3) is 0 Å². The zero-order chi connectivity index (χ0) is 9.61. The molecule has 3 nitrogen and oxygen atoms in total. The quantitative estimate of drug-likeness (QED) is 0.693. The highest BCUT2D eigenvalue weighted by atomic mass is 16.5. The lowest BCUT2D eigenvalue weighted by Crippen LogP contribution is -2.28. The number of carbonyl (C=O) groups is 1. The van der Waals surface area contributed by atoms with Crippen LogP contribution in [0.5, 0.6) is 0 Å². The van der Waals surface area contributed by atoms with Gasteiger partial charge >= 0.3 is 0 Å². The van der Waals surface area contributed by atoms with Gasteiger partial charge in [-0.3, -0.25) is 4.79 Å². The fourth-order valence-corrected chi connectivity index (χ4v) is 0.698. The van der Waals surface area contributed by atoms with E-state index in [1.165, 1.54) is 0 Å². The minimum absolute atomic E-state index is 0.0400. The number of amides is 1. The Labute approximate surface area is 74.5 Å². The molecule has 0 unspecified atom stereocenters. The molecule has 3 heteroatoms. The average Bonchev–Trinajstić information content (AvgIpc) is 1.84. The molecule has 12 heavy (non-hydrogen) atoms. The summed E-state index contributed by atoms with van der Waals surface area (Å²) in [7, 11) is 0. The SMILES string of the molecule is CCNC(=O)COCC(C)(C)C. The van der Waals surface area contributed by atoms with Crippen LogP contribution in [0.15, 0.2) is 0 Å². The second-order valence-electron chi connectivity index (χ2n) is 4.01. The van der Waals surface area contributed by atoms with E-state index >= 15 is 0 Å². The van der Waals surface area contributed by atoms with Crippen LogP contribution in [0.2, 0.25) is 0 Å². The highest BCUT2D eigenvalue weighted by Crippen LogP contribution is 2.12. The third-order valence-corrected chi connectivity index (χ3v) is 1.14. The van der Waals surface area contributed by atoms with Crippen LogP contribution in [0.1, 0.15) is 27.7 Å². The molecule has 0 bridgehead atoms. The van der Waals surface area contributed by atoms with Crippen LogP contribution in [-0.2, 0) is 9.53 Å². The molecule has 0 atom stereocenters. The molecule has 0 saturated heterocycles. The standard InChI is InChI=1S/C9H19NO2/c1-5-10-8(11)6-12-7-9(2,3)4/h5-7H2,1-4H3,(H,10,11). The van der Waals surface area contributed by atoms with E-state index in [-0.39, 0.29) is 17.9 Å². The molecule has 0 aromatic rings. The minimum Gasteiger partial charge on any atom is -0.371 e. The Hall–Kier alpha value is -0.570. The summed E-state index contributed by atoms with van der Waals surface area (Å²) in [4.78, 5) is 10.9. The van der Waals surface area contributed by atoms with Gasteiger partial charge in [0.05, 0.1) is 6.61 Å². The lowest BCUT2D eigenvalue weighted by atomic mass is 9.99. The maximum atomic E-state index is 10.9. The predicted octanol–water partition coefficient (Wildman–Crippen LogP) is 1.19. The van der Waals surface area contributed by atoms with Crippen molar-refractivity contribution in [1.29, 1.82) is 0 Å². The number of carbonyl (C=O) groups excluding carboxylic acids is 1. The molecule has 0 rings (SSSR count). The molecule has 72 valence electrons. The van der Waals surface area contributed by atoms with Crippen molar-refractivity contribution in [1.82, 2.24) is 5.32 Å². The first kappa shape index (κ1) is 11.4. The van der Waals surface area contributed by atoms with Gasteiger partial charge in [-0.05, 0) is 12.3 Å². The average molecular weight is 173 g/mol. The number of hydrogen-bond acceptors (Lipinski definition) is 2. The van der Waals surface area contributed by atoms with Gasteiger partial charge in [0.15, 0.2) is 0 Å². The van der Waals surface area contributed by atoms with Crippen LogP contribution < -0.4 is 5.32 Å². The molecule has 0 saturated carbocycles. The number of nitrogens with one attached hydrogen (secondary N) is 1.